The van der Waals surface area contributed by atoms with E-state index >= 15 is 0 Å². The number of piperidine rings is 1. The lowest BCUT2D eigenvalue weighted by molar-refractivity contribution is 0.229. The summed E-state index contributed by atoms with van der Waals surface area (Å²) in [6, 6.07) is 10.9. The average Bonchev–Trinajstić information content (AvgIpc) is 2.57. The van der Waals surface area contributed by atoms with Crippen molar-refractivity contribution in [1.29, 1.82) is 0 Å². The lowest BCUT2D eigenvalue weighted by Gasteiger charge is -2.52. The van der Waals surface area contributed by atoms with Crippen molar-refractivity contribution >= 4 is 15.8 Å². The number of nitrogens with one attached hydrogen (secondary N) is 1. The Morgan fingerprint density at radius 3 is 2.60 bits per heavy atom. The molecule has 7 heteroatoms. The number of benzene rings is 1. The van der Waals surface area contributed by atoms with E-state index in [1.54, 1.807) is 12.1 Å². The lowest BCUT2D eigenvalue weighted by Crippen LogP contribution is -2.63. The van der Waals surface area contributed by atoms with Gasteiger partial charge in [-0.1, -0.05) is 17.7 Å². The number of rotatable bonds is 2. The van der Waals surface area contributed by atoms with Gasteiger partial charge in [-0.25, -0.2) is 0 Å². The van der Waals surface area contributed by atoms with E-state index in [9.17, 15) is 8.42 Å². The second-order valence-corrected chi connectivity index (χ2v) is 7.89. The van der Waals surface area contributed by atoms with Crippen LogP contribution in [0, 0.1) is 12.8 Å². The summed E-state index contributed by atoms with van der Waals surface area (Å²) < 4.78 is 29.6. The number of nitrogens with zero attached hydrogens (tertiary/aromatic N) is 2. The van der Waals surface area contributed by atoms with Crippen LogP contribution in [0.15, 0.2) is 53.7 Å². The van der Waals surface area contributed by atoms with Crippen LogP contribution in [-0.2, 0) is 10.1 Å². The van der Waals surface area contributed by atoms with Crippen molar-refractivity contribution in [2.75, 3.05) is 24.5 Å². The van der Waals surface area contributed by atoms with Crippen LogP contribution in [0.3, 0.4) is 0 Å². The van der Waals surface area contributed by atoms with E-state index in [0.29, 0.717) is 6.04 Å². The van der Waals surface area contributed by atoms with Crippen LogP contribution >= 0.6 is 0 Å². The second kappa shape index (κ2) is 7.51. The molecule has 4 rings (SSSR count). The standard InChI is InChI=1S/C11H15N3.C7H8O3S/c1-2-10(6-12-4-1)14-8-9-3-5-13-7-11(9)14;1-6-2-4-7(5-3-6)11(8,9)10/h1-2,4,6,9,11,13H,3,5,7-8H2;2-5H,1H3,(H,8,9,10)/t9-,11-;/m1./s1. The highest BCUT2D eigenvalue weighted by Crippen LogP contribution is 2.33. The normalized spacial score (nSPS) is 22.2. The van der Waals surface area contributed by atoms with Crippen LogP contribution in [0.1, 0.15) is 12.0 Å². The largest absolute Gasteiger partial charge is 0.365 e. The Kier molecular flexibility index (Phi) is 5.36. The summed E-state index contributed by atoms with van der Waals surface area (Å²) in [7, 11) is -4.02. The molecule has 2 aliphatic rings. The summed E-state index contributed by atoms with van der Waals surface area (Å²) >= 11 is 0. The van der Waals surface area contributed by atoms with E-state index in [4.69, 9.17) is 4.55 Å². The van der Waals surface area contributed by atoms with Gasteiger partial charge in [0.15, 0.2) is 0 Å². The van der Waals surface area contributed by atoms with Gasteiger partial charge < -0.3 is 10.2 Å². The molecule has 2 aromatic rings. The number of hydrogen-bond donors (Lipinski definition) is 2. The van der Waals surface area contributed by atoms with Gasteiger partial charge in [0, 0.05) is 25.3 Å². The minimum absolute atomic E-state index is 0.0666. The second-order valence-electron chi connectivity index (χ2n) is 6.47. The Labute approximate surface area is 148 Å². The fraction of sp³-hybridized carbons (Fsp3) is 0.389. The highest BCUT2D eigenvalue weighted by molar-refractivity contribution is 7.85. The molecule has 2 atom stereocenters. The number of anilines is 1. The molecule has 2 N–H and O–H groups in total. The van der Waals surface area contributed by atoms with Crippen LogP contribution in [0.5, 0.6) is 0 Å². The number of fused-ring (bicyclic) bond motifs is 1. The minimum Gasteiger partial charge on any atom is -0.365 e. The van der Waals surface area contributed by atoms with Crippen molar-refractivity contribution in [2.45, 2.75) is 24.3 Å². The number of pyridine rings is 1. The summed E-state index contributed by atoms with van der Waals surface area (Å²) in [5.74, 6) is 0.913. The third kappa shape index (κ3) is 4.36. The van der Waals surface area contributed by atoms with Crippen LogP contribution in [-0.4, -0.2) is 43.6 Å². The third-order valence-corrected chi connectivity index (χ3v) is 5.59. The van der Waals surface area contributed by atoms with Crippen molar-refractivity contribution in [3.63, 3.8) is 0 Å². The molecule has 0 bridgehead atoms. The molecule has 0 spiro atoms. The molecular formula is C18H23N3O3S. The molecular weight excluding hydrogens is 338 g/mol. The molecule has 0 aliphatic carbocycles. The van der Waals surface area contributed by atoms with Gasteiger partial charge in [-0.3, -0.25) is 9.54 Å². The first-order valence-electron chi connectivity index (χ1n) is 8.37. The van der Waals surface area contributed by atoms with Gasteiger partial charge in [0.25, 0.3) is 10.1 Å². The predicted molar refractivity (Wildman–Crippen MR) is 97.3 cm³/mol. The third-order valence-electron chi connectivity index (χ3n) is 4.72. The maximum atomic E-state index is 10.5. The van der Waals surface area contributed by atoms with Crippen molar-refractivity contribution < 1.29 is 13.0 Å². The monoisotopic (exact) mass is 361 g/mol. The molecule has 0 radical (unpaired) electrons. The first-order chi connectivity index (χ1) is 11.9. The number of aryl methyl sites for hydroxylation is 1. The van der Waals surface area contributed by atoms with Gasteiger partial charge in [0.1, 0.15) is 0 Å². The molecule has 25 heavy (non-hydrogen) atoms. The van der Waals surface area contributed by atoms with Crippen molar-refractivity contribution in [1.82, 2.24) is 10.3 Å². The van der Waals surface area contributed by atoms with Gasteiger partial charge in [-0.05, 0) is 50.1 Å². The van der Waals surface area contributed by atoms with Gasteiger partial charge in [0.2, 0.25) is 0 Å². The van der Waals surface area contributed by atoms with E-state index in [1.165, 1.54) is 37.3 Å². The predicted octanol–water partition coefficient (Wildman–Crippen LogP) is 2.12. The molecule has 1 aromatic heterocycles. The van der Waals surface area contributed by atoms with E-state index in [-0.39, 0.29) is 4.90 Å². The van der Waals surface area contributed by atoms with Crippen LogP contribution in [0.2, 0.25) is 0 Å². The fourth-order valence-corrected chi connectivity index (χ4v) is 3.73. The maximum Gasteiger partial charge on any atom is 0.294 e. The molecule has 134 valence electrons. The Morgan fingerprint density at radius 2 is 2.00 bits per heavy atom. The molecule has 0 saturated carbocycles. The van der Waals surface area contributed by atoms with E-state index in [2.05, 4.69) is 21.3 Å². The van der Waals surface area contributed by atoms with E-state index in [1.807, 2.05) is 25.4 Å². The van der Waals surface area contributed by atoms with Gasteiger partial charge in [-0.2, -0.15) is 8.42 Å². The molecule has 0 amide bonds. The van der Waals surface area contributed by atoms with Crippen molar-refractivity contribution in [3.8, 4) is 0 Å². The highest BCUT2D eigenvalue weighted by atomic mass is 32.2. The zero-order valence-electron chi connectivity index (χ0n) is 14.2. The van der Waals surface area contributed by atoms with Gasteiger partial charge in [-0.15, -0.1) is 0 Å². The van der Waals surface area contributed by atoms with Crippen LogP contribution in [0.4, 0.5) is 5.69 Å². The van der Waals surface area contributed by atoms with Crippen molar-refractivity contribution in [2.24, 2.45) is 5.92 Å². The Hall–Kier alpha value is -1.96. The molecule has 2 saturated heterocycles. The molecule has 2 fully saturated rings. The average molecular weight is 361 g/mol. The lowest BCUT2D eigenvalue weighted by atomic mass is 9.83. The van der Waals surface area contributed by atoms with E-state index in [0.717, 1.165) is 18.0 Å². The number of hydrogen-bond acceptors (Lipinski definition) is 5. The summed E-state index contributed by atoms with van der Waals surface area (Å²) in [6.07, 6.45) is 5.13. The molecule has 1 aromatic carbocycles. The summed E-state index contributed by atoms with van der Waals surface area (Å²) in [4.78, 5) is 6.56. The Morgan fingerprint density at radius 1 is 1.24 bits per heavy atom. The van der Waals surface area contributed by atoms with E-state index < -0.39 is 10.1 Å². The molecule has 0 unspecified atom stereocenters. The van der Waals surface area contributed by atoms with Crippen molar-refractivity contribution in [3.05, 3.63) is 54.4 Å². The number of aromatic nitrogens is 1. The summed E-state index contributed by atoms with van der Waals surface area (Å²) in [5.41, 5.74) is 2.23. The first kappa shape index (κ1) is 17.8. The molecule has 6 nitrogen and oxygen atoms in total. The quantitative estimate of drug-likeness (QED) is 0.798. The zero-order valence-corrected chi connectivity index (χ0v) is 15.0. The van der Waals surface area contributed by atoms with Crippen LogP contribution < -0.4 is 10.2 Å². The SMILES string of the molecule is Cc1ccc(S(=O)(=O)O)cc1.c1cncc(N2C[C@H]3CCNC[C@H]32)c1. The van der Waals surface area contributed by atoms with Gasteiger partial charge >= 0.3 is 0 Å². The topological polar surface area (TPSA) is 82.5 Å². The Balaban J connectivity index is 0.000000151. The van der Waals surface area contributed by atoms with Gasteiger partial charge in [0.05, 0.1) is 16.8 Å². The maximum absolute atomic E-state index is 10.5. The highest BCUT2D eigenvalue weighted by Gasteiger charge is 2.40. The first-order valence-corrected chi connectivity index (χ1v) is 9.81. The smallest absolute Gasteiger partial charge is 0.294 e. The van der Waals surface area contributed by atoms with Crippen LogP contribution in [0.25, 0.3) is 0 Å². The summed E-state index contributed by atoms with van der Waals surface area (Å²) in [5, 5.41) is 3.45. The minimum atomic E-state index is -4.02. The molecule has 3 heterocycles. The molecule has 2 aliphatic heterocycles. The fourth-order valence-electron chi connectivity index (χ4n) is 3.25. The Bertz CT molecular complexity index is 794. The zero-order chi connectivity index (χ0) is 17.9. The summed E-state index contributed by atoms with van der Waals surface area (Å²) in [6.45, 7) is 5.40.